The maximum Gasteiger partial charge on any atom is 0.214 e. The van der Waals surface area contributed by atoms with E-state index in [1.54, 1.807) is 4.31 Å². The molecule has 1 aromatic carbocycles. The van der Waals surface area contributed by atoms with Gasteiger partial charge in [0.25, 0.3) is 0 Å². The number of nitrogens with zero attached hydrogens (tertiary/aromatic N) is 1. The van der Waals surface area contributed by atoms with Crippen molar-refractivity contribution in [2.24, 2.45) is 0 Å². The molecular weight excluding hydrogens is 248 g/mol. The number of rotatable bonds is 6. The summed E-state index contributed by atoms with van der Waals surface area (Å²) in [5, 5.41) is 3.03. The van der Waals surface area contributed by atoms with Crippen LogP contribution < -0.4 is 5.32 Å². The molecule has 0 amide bonds. The van der Waals surface area contributed by atoms with Crippen LogP contribution >= 0.6 is 0 Å². The molecule has 0 spiro atoms. The lowest BCUT2D eigenvalue weighted by atomic mass is 10.1. The third-order valence-electron chi connectivity index (χ3n) is 3.28. The number of fused-ring (bicyclic) bond motifs is 1. The van der Waals surface area contributed by atoms with Crippen LogP contribution in [0.4, 0.5) is 0 Å². The molecule has 100 valence electrons. The maximum atomic E-state index is 12.2. The highest BCUT2D eigenvalue weighted by molar-refractivity contribution is 7.89. The molecule has 0 aliphatic carbocycles. The minimum Gasteiger partial charge on any atom is -0.320 e. The van der Waals surface area contributed by atoms with Crippen LogP contribution in [0, 0.1) is 0 Å². The Labute approximate surface area is 109 Å². The SMILES string of the molecule is CNCCCCS(=O)(=O)N1Cc2ccccc2C1. The lowest BCUT2D eigenvalue weighted by molar-refractivity contribution is 0.430. The van der Waals surface area contributed by atoms with E-state index in [0.29, 0.717) is 13.1 Å². The van der Waals surface area contributed by atoms with Crippen molar-refractivity contribution < 1.29 is 8.42 Å². The summed E-state index contributed by atoms with van der Waals surface area (Å²) in [6, 6.07) is 7.93. The fourth-order valence-corrected chi connectivity index (χ4v) is 3.71. The van der Waals surface area contributed by atoms with Crippen LogP contribution in [0.5, 0.6) is 0 Å². The van der Waals surface area contributed by atoms with Crippen LogP contribution in [0.2, 0.25) is 0 Å². The highest BCUT2D eigenvalue weighted by Gasteiger charge is 2.28. The molecule has 0 unspecified atom stereocenters. The molecule has 1 heterocycles. The van der Waals surface area contributed by atoms with Gasteiger partial charge in [0.2, 0.25) is 10.0 Å². The van der Waals surface area contributed by atoms with Crippen LogP contribution in [-0.2, 0) is 23.1 Å². The zero-order valence-corrected chi connectivity index (χ0v) is 11.5. The lowest BCUT2D eigenvalue weighted by Gasteiger charge is -2.15. The summed E-state index contributed by atoms with van der Waals surface area (Å²) >= 11 is 0. The lowest BCUT2D eigenvalue weighted by Crippen LogP contribution is -2.28. The van der Waals surface area contributed by atoms with E-state index in [2.05, 4.69) is 5.32 Å². The molecule has 0 atom stereocenters. The van der Waals surface area contributed by atoms with E-state index in [-0.39, 0.29) is 5.75 Å². The second-order valence-electron chi connectivity index (χ2n) is 4.66. The third-order valence-corrected chi connectivity index (χ3v) is 5.13. The van der Waals surface area contributed by atoms with E-state index in [0.717, 1.165) is 30.5 Å². The molecule has 0 bridgehead atoms. The Balaban J connectivity index is 1.93. The molecular formula is C13H20N2O2S. The van der Waals surface area contributed by atoms with E-state index in [1.165, 1.54) is 0 Å². The monoisotopic (exact) mass is 268 g/mol. The summed E-state index contributed by atoms with van der Waals surface area (Å²) < 4.78 is 25.9. The van der Waals surface area contributed by atoms with Crippen molar-refractivity contribution in [2.75, 3.05) is 19.3 Å². The van der Waals surface area contributed by atoms with E-state index in [4.69, 9.17) is 0 Å². The Kier molecular flexibility index (Phi) is 4.37. The molecule has 0 radical (unpaired) electrons. The summed E-state index contributed by atoms with van der Waals surface area (Å²) in [6.07, 6.45) is 1.62. The van der Waals surface area contributed by atoms with Gasteiger partial charge in [0.1, 0.15) is 0 Å². The normalized spacial score (nSPS) is 15.8. The van der Waals surface area contributed by atoms with E-state index in [1.807, 2.05) is 31.3 Å². The van der Waals surface area contributed by atoms with Crippen LogP contribution in [0.3, 0.4) is 0 Å². The van der Waals surface area contributed by atoms with E-state index < -0.39 is 10.0 Å². The predicted octanol–water partition coefficient (Wildman–Crippen LogP) is 1.33. The van der Waals surface area contributed by atoms with Crippen LogP contribution in [0.25, 0.3) is 0 Å². The molecule has 0 saturated heterocycles. The van der Waals surface area contributed by atoms with Gasteiger partial charge in [-0.15, -0.1) is 0 Å². The van der Waals surface area contributed by atoms with Gasteiger partial charge in [0.15, 0.2) is 0 Å². The number of unbranched alkanes of at least 4 members (excludes halogenated alkanes) is 1. The van der Waals surface area contributed by atoms with Crippen molar-refractivity contribution in [1.82, 2.24) is 9.62 Å². The number of hydrogen-bond acceptors (Lipinski definition) is 3. The highest BCUT2D eigenvalue weighted by Crippen LogP contribution is 2.25. The van der Waals surface area contributed by atoms with Gasteiger partial charge in [0.05, 0.1) is 5.75 Å². The van der Waals surface area contributed by atoms with Crippen molar-refractivity contribution in [3.05, 3.63) is 35.4 Å². The van der Waals surface area contributed by atoms with Gasteiger partial charge in [0, 0.05) is 13.1 Å². The Hall–Kier alpha value is -0.910. The number of hydrogen-bond donors (Lipinski definition) is 1. The Morgan fingerprint density at radius 2 is 1.78 bits per heavy atom. The van der Waals surface area contributed by atoms with Gasteiger partial charge >= 0.3 is 0 Å². The first-order valence-corrected chi connectivity index (χ1v) is 7.93. The molecule has 18 heavy (non-hydrogen) atoms. The van der Waals surface area contributed by atoms with Gasteiger partial charge < -0.3 is 5.32 Å². The molecule has 1 aromatic rings. The second kappa shape index (κ2) is 5.82. The minimum atomic E-state index is -3.10. The first kappa shape index (κ1) is 13.5. The molecule has 0 fully saturated rings. The largest absolute Gasteiger partial charge is 0.320 e. The van der Waals surface area contributed by atoms with Gasteiger partial charge in [-0.25, -0.2) is 8.42 Å². The van der Waals surface area contributed by atoms with Gasteiger partial charge in [-0.3, -0.25) is 0 Å². The summed E-state index contributed by atoms with van der Waals surface area (Å²) in [7, 11) is -1.22. The van der Waals surface area contributed by atoms with Crippen LogP contribution in [-0.4, -0.2) is 32.1 Å². The highest BCUT2D eigenvalue weighted by atomic mass is 32.2. The fourth-order valence-electron chi connectivity index (χ4n) is 2.21. The zero-order chi connectivity index (χ0) is 13.0. The number of nitrogens with one attached hydrogen (secondary N) is 1. The summed E-state index contributed by atoms with van der Waals surface area (Å²) in [5.41, 5.74) is 2.27. The number of sulfonamides is 1. The summed E-state index contributed by atoms with van der Waals surface area (Å²) in [5.74, 6) is 0.253. The molecule has 1 N–H and O–H groups in total. The molecule has 1 aliphatic heterocycles. The topological polar surface area (TPSA) is 49.4 Å². The molecule has 0 aromatic heterocycles. The molecule has 4 nitrogen and oxygen atoms in total. The van der Waals surface area contributed by atoms with Gasteiger partial charge in [-0.1, -0.05) is 24.3 Å². The fraction of sp³-hybridized carbons (Fsp3) is 0.538. The Bertz CT molecular complexity index is 474. The van der Waals surface area contributed by atoms with Crippen molar-refractivity contribution in [2.45, 2.75) is 25.9 Å². The van der Waals surface area contributed by atoms with Gasteiger partial charge in [-0.05, 0) is 37.6 Å². The van der Waals surface area contributed by atoms with E-state index >= 15 is 0 Å². The molecule has 0 saturated carbocycles. The Morgan fingerprint density at radius 3 is 2.33 bits per heavy atom. The van der Waals surface area contributed by atoms with Crippen LogP contribution in [0.15, 0.2) is 24.3 Å². The van der Waals surface area contributed by atoms with Crippen molar-refractivity contribution in [1.29, 1.82) is 0 Å². The summed E-state index contributed by atoms with van der Waals surface area (Å²) in [4.78, 5) is 0. The standard InChI is InChI=1S/C13H20N2O2S/c1-14-8-4-5-9-18(16,17)15-10-12-6-2-3-7-13(12)11-15/h2-3,6-7,14H,4-5,8-11H2,1H3. The summed E-state index contributed by atoms with van der Waals surface area (Å²) in [6.45, 7) is 1.94. The quantitative estimate of drug-likeness (QED) is 0.792. The predicted molar refractivity (Wildman–Crippen MR) is 72.6 cm³/mol. The van der Waals surface area contributed by atoms with Gasteiger partial charge in [-0.2, -0.15) is 4.31 Å². The molecule has 5 heteroatoms. The van der Waals surface area contributed by atoms with Crippen molar-refractivity contribution in [3.63, 3.8) is 0 Å². The first-order valence-electron chi connectivity index (χ1n) is 6.33. The average molecular weight is 268 g/mol. The first-order chi connectivity index (χ1) is 8.63. The van der Waals surface area contributed by atoms with E-state index in [9.17, 15) is 8.42 Å². The van der Waals surface area contributed by atoms with Crippen molar-refractivity contribution in [3.8, 4) is 0 Å². The smallest absolute Gasteiger partial charge is 0.214 e. The maximum absolute atomic E-state index is 12.2. The minimum absolute atomic E-state index is 0.253. The molecule has 2 rings (SSSR count). The van der Waals surface area contributed by atoms with Crippen LogP contribution in [0.1, 0.15) is 24.0 Å². The number of benzene rings is 1. The Morgan fingerprint density at radius 1 is 1.17 bits per heavy atom. The average Bonchev–Trinajstić information content (AvgIpc) is 2.79. The second-order valence-corrected chi connectivity index (χ2v) is 6.75. The molecule has 1 aliphatic rings. The zero-order valence-electron chi connectivity index (χ0n) is 10.7. The third kappa shape index (κ3) is 3.10. The van der Waals surface area contributed by atoms with Crippen molar-refractivity contribution >= 4 is 10.0 Å².